The van der Waals surface area contributed by atoms with Gasteiger partial charge in [0.05, 0.1) is 21.7 Å². The van der Waals surface area contributed by atoms with E-state index in [-0.39, 0.29) is 46.6 Å². The van der Waals surface area contributed by atoms with Gasteiger partial charge >= 0.3 is 5.51 Å². The molecular formula is C66H75ClF3N9O10S3. The number of alkyl halides is 3. The van der Waals surface area contributed by atoms with Gasteiger partial charge in [-0.2, -0.15) is 13.2 Å². The Kier molecular flexibility index (Phi) is 21.3. The molecule has 3 saturated heterocycles. The van der Waals surface area contributed by atoms with Gasteiger partial charge in [0.25, 0.3) is 37.6 Å². The van der Waals surface area contributed by atoms with Gasteiger partial charge in [0, 0.05) is 123 Å². The molecule has 0 radical (unpaired) electrons. The van der Waals surface area contributed by atoms with Crippen molar-refractivity contribution in [2.75, 3.05) is 93.3 Å². The zero-order valence-electron chi connectivity index (χ0n) is 51.2. The molecule has 0 saturated carbocycles. The van der Waals surface area contributed by atoms with Gasteiger partial charge < -0.3 is 20.4 Å². The van der Waals surface area contributed by atoms with E-state index in [4.69, 9.17) is 11.6 Å². The highest BCUT2D eigenvalue weighted by Gasteiger charge is 2.49. The minimum atomic E-state index is -6.17. The van der Waals surface area contributed by atoms with Crippen molar-refractivity contribution < 1.29 is 58.8 Å². The highest BCUT2D eigenvalue weighted by molar-refractivity contribution is 7.99. The number of hydrogen-bond acceptors (Lipinski definition) is 16. The number of benzene rings is 5. The lowest BCUT2D eigenvalue weighted by Gasteiger charge is -2.39. The van der Waals surface area contributed by atoms with Crippen molar-refractivity contribution in [3.63, 3.8) is 0 Å². The number of rotatable bonds is 24. The average Bonchev–Trinajstić information content (AvgIpc) is 1.23. The largest absolute Gasteiger partial charge is 0.501 e. The Morgan fingerprint density at radius 1 is 0.772 bits per heavy atom. The van der Waals surface area contributed by atoms with Crippen molar-refractivity contribution in [3.8, 4) is 0 Å². The second-order valence-electron chi connectivity index (χ2n) is 24.7. The van der Waals surface area contributed by atoms with Crippen LogP contribution in [0.25, 0.3) is 5.57 Å². The first-order chi connectivity index (χ1) is 43.8. The first kappa shape index (κ1) is 67.6. The number of hydrogen-bond donors (Lipinski definition) is 4. The summed E-state index contributed by atoms with van der Waals surface area (Å²) in [6.45, 7) is 11.2. The molecule has 5 aromatic rings. The van der Waals surface area contributed by atoms with Gasteiger partial charge in [0.2, 0.25) is 17.7 Å². The molecule has 0 aromatic heterocycles. The molecule has 1 aliphatic carbocycles. The van der Waals surface area contributed by atoms with Crippen molar-refractivity contribution in [2.24, 2.45) is 5.41 Å². The van der Waals surface area contributed by atoms with Gasteiger partial charge in [0.15, 0.2) is 0 Å². The normalized spacial score (nSPS) is 18.8. The first-order valence-electron chi connectivity index (χ1n) is 30.9. The van der Waals surface area contributed by atoms with Crippen LogP contribution in [-0.2, 0) is 34.2 Å². The molecule has 4 heterocycles. The fraction of sp³-hybridized carbons (Fsp3) is 0.424. The third-order valence-corrected chi connectivity index (χ3v) is 21.9. The Hall–Kier alpha value is -7.29. The third-order valence-electron chi connectivity index (χ3n) is 17.7. The van der Waals surface area contributed by atoms with E-state index in [0.29, 0.717) is 101 Å². The number of piperidine rings is 1. The molecule has 5 aromatic carbocycles. The number of amides is 6. The van der Waals surface area contributed by atoms with Crippen LogP contribution in [0.3, 0.4) is 0 Å². The van der Waals surface area contributed by atoms with E-state index in [0.717, 1.165) is 66.5 Å². The summed E-state index contributed by atoms with van der Waals surface area (Å²) >= 11 is 7.61. The van der Waals surface area contributed by atoms with Crippen LogP contribution in [0.2, 0.25) is 5.02 Å². The van der Waals surface area contributed by atoms with Crippen LogP contribution in [0.1, 0.15) is 115 Å². The zero-order chi connectivity index (χ0) is 65.5. The number of sulfone groups is 1. The molecule has 19 nitrogen and oxygen atoms in total. The Labute approximate surface area is 543 Å². The first-order valence-corrected chi connectivity index (χ1v) is 35.3. The molecule has 6 amide bonds. The number of carbonyl (C=O) groups is 6. The fourth-order valence-corrected chi connectivity index (χ4v) is 15.7. The highest BCUT2D eigenvalue weighted by atomic mass is 35.5. The zero-order valence-corrected chi connectivity index (χ0v) is 54.4. The third kappa shape index (κ3) is 16.2. The number of fused-ring (bicyclic) bond motifs is 1. The number of unbranched alkanes of at least 4 members (excludes halogenated alkanes) is 2. The molecule has 26 heteroatoms. The Bertz CT molecular complexity index is 3840. The predicted octanol–water partition coefficient (Wildman–Crippen LogP) is 9.72. The van der Waals surface area contributed by atoms with E-state index >= 15 is 0 Å². The van der Waals surface area contributed by atoms with Crippen LogP contribution >= 0.6 is 23.4 Å². The summed E-state index contributed by atoms with van der Waals surface area (Å²) in [6.07, 6.45) is 5.68. The predicted molar refractivity (Wildman–Crippen MR) is 348 cm³/mol. The number of thioether (sulfide) groups is 1. The van der Waals surface area contributed by atoms with Crippen LogP contribution in [-0.4, -0.2) is 167 Å². The maximum absolute atomic E-state index is 14.5. The second kappa shape index (κ2) is 28.9. The lowest BCUT2D eigenvalue weighted by Crippen LogP contribution is -2.54. The highest BCUT2D eigenvalue weighted by Crippen LogP contribution is 2.43. The van der Waals surface area contributed by atoms with Crippen LogP contribution in [0.4, 0.5) is 30.2 Å². The minimum absolute atomic E-state index is 0.0123. The van der Waals surface area contributed by atoms with Gasteiger partial charge in [-0.25, -0.2) is 21.6 Å². The van der Waals surface area contributed by atoms with E-state index in [1.165, 1.54) is 46.7 Å². The maximum Gasteiger partial charge on any atom is 0.501 e. The molecule has 4 N–H and O–H groups in total. The number of carbonyl (C=O) groups excluding carboxylic acids is 6. The number of allylic oxidation sites excluding steroid dienone is 1. The minimum Gasteiger partial charge on any atom is -0.384 e. The summed E-state index contributed by atoms with van der Waals surface area (Å²) in [4.78, 5) is 85.9. The quantitative estimate of drug-likeness (QED) is 0.0256. The number of halogens is 4. The topological polar surface area (TPSA) is 235 Å². The van der Waals surface area contributed by atoms with Crippen molar-refractivity contribution in [1.82, 2.24) is 29.6 Å². The summed E-state index contributed by atoms with van der Waals surface area (Å²) in [5.41, 5.74) is -0.533. The van der Waals surface area contributed by atoms with E-state index in [1.54, 1.807) is 29.2 Å². The Balaban J connectivity index is 0.715. The van der Waals surface area contributed by atoms with Gasteiger partial charge in [-0.3, -0.25) is 48.8 Å². The van der Waals surface area contributed by atoms with Crippen LogP contribution in [0, 0.1) is 5.41 Å². The lowest BCUT2D eigenvalue weighted by atomic mass is 9.73. The Morgan fingerprint density at radius 3 is 2.17 bits per heavy atom. The molecule has 2 atom stereocenters. The molecule has 0 unspecified atom stereocenters. The lowest BCUT2D eigenvalue weighted by molar-refractivity contribution is -0.136. The van der Waals surface area contributed by atoms with Crippen molar-refractivity contribution in [2.45, 2.75) is 110 Å². The fourth-order valence-electron chi connectivity index (χ4n) is 12.5. The number of anilines is 3. The number of imide groups is 2. The molecule has 490 valence electrons. The number of sulfonamides is 1. The molecule has 5 aliphatic rings. The molecular weight excluding hydrogens is 1270 g/mol. The van der Waals surface area contributed by atoms with Gasteiger partial charge in [-0.05, 0) is 140 Å². The van der Waals surface area contributed by atoms with Crippen molar-refractivity contribution in [1.29, 1.82) is 0 Å². The summed E-state index contributed by atoms with van der Waals surface area (Å²) in [5, 5.41) is 9.13. The van der Waals surface area contributed by atoms with Crippen molar-refractivity contribution in [3.05, 3.63) is 148 Å². The molecule has 0 spiro atoms. The monoisotopic (exact) mass is 1340 g/mol. The molecule has 92 heavy (non-hydrogen) atoms. The number of nitrogens with zero attached hydrogens (tertiary/aromatic N) is 5. The Morgan fingerprint density at radius 2 is 1.48 bits per heavy atom. The van der Waals surface area contributed by atoms with Crippen LogP contribution < -0.4 is 25.6 Å². The maximum atomic E-state index is 14.5. The van der Waals surface area contributed by atoms with E-state index < -0.39 is 82.5 Å². The summed E-state index contributed by atoms with van der Waals surface area (Å²) in [7, 11) is -11.1. The summed E-state index contributed by atoms with van der Waals surface area (Å²) in [6, 6.07) is 29.1. The standard InChI is InChI=1S/C66H75ClF3N9O10S3/c1-65(2)29-27-52(44-15-19-47(67)20-16-44)46(41-65)42-76-34-36-77(37-35-76)49-21-17-45(18-22-49)61(82)74-92(88,89)51-23-24-54(57(40-51)91(86,87)66(68,69)70)72-48(43-90-50-10-5-3-6-11-50)28-31-75-32-38-78(39-33-75)59(81)14-7-4-8-30-71-55-13-9-12-53-60(55)64(85)79(63(53)84)56-25-26-58(80)73-62(56)83/h3,5-6,9-13,15-24,40,48,56,71-72H,4,7-8,14,25-39,41-43H2,1-2H3,(H,74,82)(H,73,80,83)/t48-,56-/m1/s1. The van der Waals surface area contributed by atoms with Crippen LogP contribution in [0.5, 0.6) is 0 Å². The molecule has 3 fully saturated rings. The smallest absolute Gasteiger partial charge is 0.384 e. The molecule has 0 bridgehead atoms. The van der Waals surface area contributed by atoms with Gasteiger partial charge in [0.1, 0.15) is 10.9 Å². The SMILES string of the molecule is CC1(C)CCC(c2ccc(Cl)cc2)=C(CN2CCN(c3ccc(C(=O)NS(=O)(=O)c4ccc(N[C@H](CCN5CCN(C(=O)CCCCCNc6cccc7c6C(=O)N([C@@H]6CCC(=O)NC6=O)C7=O)CC5)CSc5ccccc5)c(S(=O)(=O)C(F)(F)F)c4)cc3)CC2)C1. The van der Waals surface area contributed by atoms with Gasteiger partial charge in [-0.15, -0.1) is 11.8 Å². The molecule has 4 aliphatic heterocycles. The van der Waals surface area contributed by atoms with Gasteiger partial charge in [-0.1, -0.05) is 73.8 Å². The second-order valence-corrected chi connectivity index (χ2v) is 29.8. The number of piperazine rings is 2. The van der Waals surface area contributed by atoms with E-state index in [9.17, 15) is 58.8 Å². The molecule has 10 rings (SSSR count). The summed E-state index contributed by atoms with van der Waals surface area (Å²) < 4.78 is 99.9. The van der Waals surface area contributed by atoms with E-state index in [2.05, 4.69) is 56.6 Å². The van der Waals surface area contributed by atoms with E-state index in [1.807, 2.05) is 47.2 Å². The summed E-state index contributed by atoms with van der Waals surface area (Å²) in [5.74, 6) is -3.17. The number of nitrogens with one attached hydrogen (secondary N) is 4. The van der Waals surface area contributed by atoms with Crippen molar-refractivity contribution >= 4 is 101 Å². The average molecular weight is 1340 g/mol. The van der Waals surface area contributed by atoms with Crippen LogP contribution in [0.15, 0.2) is 136 Å².